The third-order valence-corrected chi connectivity index (χ3v) is 5.50. The van der Waals surface area contributed by atoms with E-state index in [4.69, 9.17) is 0 Å². The van der Waals surface area contributed by atoms with Crippen molar-refractivity contribution in [1.29, 1.82) is 0 Å². The zero-order chi connectivity index (χ0) is 11.7. The highest BCUT2D eigenvalue weighted by molar-refractivity contribution is 8.00. The van der Waals surface area contributed by atoms with Crippen LogP contribution in [0.5, 0.6) is 0 Å². The summed E-state index contributed by atoms with van der Waals surface area (Å²) in [4.78, 5) is 1.50. The number of benzene rings is 1. The number of nitrogens with one attached hydrogen (secondary N) is 1. The molecule has 0 radical (unpaired) electrons. The van der Waals surface area contributed by atoms with Gasteiger partial charge in [0.05, 0.1) is 0 Å². The summed E-state index contributed by atoms with van der Waals surface area (Å²) < 4.78 is 0. The molecular weight excluding hydrogens is 226 g/mol. The molecule has 1 aromatic rings. The Balaban J connectivity index is 1.55. The fraction of sp³-hybridized carbons (Fsp3) is 0.600. The second-order valence-corrected chi connectivity index (χ2v) is 7.04. The topological polar surface area (TPSA) is 12.0 Å². The Morgan fingerprint density at radius 1 is 1.29 bits per heavy atom. The lowest BCUT2D eigenvalue weighted by molar-refractivity contribution is 0.366. The maximum atomic E-state index is 3.81. The Kier molecular flexibility index (Phi) is 3.18. The quantitative estimate of drug-likeness (QED) is 0.875. The molecule has 0 aromatic heterocycles. The van der Waals surface area contributed by atoms with Gasteiger partial charge in [-0.05, 0) is 37.8 Å². The number of hydrogen-bond donors (Lipinski definition) is 1. The van der Waals surface area contributed by atoms with Crippen molar-refractivity contribution in [1.82, 2.24) is 5.32 Å². The molecule has 0 amide bonds. The zero-order valence-corrected chi connectivity index (χ0v) is 11.4. The molecule has 1 heterocycles. The van der Waals surface area contributed by atoms with Gasteiger partial charge in [-0.25, -0.2) is 0 Å². The number of hydrogen-bond acceptors (Lipinski definition) is 2. The maximum Gasteiger partial charge on any atom is 0.0260 e. The lowest BCUT2D eigenvalue weighted by Gasteiger charge is -2.27. The Bertz CT molecular complexity index is 371. The summed E-state index contributed by atoms with van der Waals surface area (Å²) in [6.07, 6.45) is 6.77. The molecule has 1 unspecified atom stereocenters. The van der Waals surface area contributed by atoms with Gasteiger partial charge in [0.1, 0.15) is 0 Å². The third-order valence-electron chi connectivity index (χ3n) is 4.18. The van der Waals surface area contributed by atoms with E-state index in [1.807, 2.05) is 0 Å². The minimum absolute atomic E-state index is 0.426. The molecule has 0 spiro atoms. The average molecular weight is 247 g/mol. The summed E-state index contributed by atoms with van der Waals surface area (Å²) in [7, 11) is 0. The van der Waals surface area contributed by atoms with Gasteiger partial charge in [0.25, 0.3) is 0 Å². The molecule has 0 saturated heterocycles. The fourth-order valence-electron chi connectivity index (χ4n) is 3.06. The van der Waals surface area contributed by atoms with Gasteiger partial charge in [0.15, 0.2) is 0 Å². The van der Waals surface area contributed by atoms with Gasteiger partial charge < -0.3 is 5.32 Å². The van der Waals surface area contributed by atoms with Crippen molar-refractivity contribution in [2.75, 3.05) is 6.54 Å². The molecule has 1 atom stereocenters. The van der Waals surface area contributed by atoms with Crippen LogP contribution in [-0.4, -0.2) is 17.3 Å². The van der Waals surface area contributed by atoms with Crippen LogP contribution in [0.3, 0.4) is 0 Å². The summed E-state index contributed by atoms with van der Waals surface area (Å²) in [6.45, 7) is 3.56. The van der Waals surface area contributed by atoms with Crippen LogP contribution in [0, 0.1) is 0 Å². The van der Waals surface area contributed by atoms with Crippen LogP contribution in [-0.2, 0) is 6.42 Å². The molecule has 92 valence electrons. The van der Waals surface area contributed by atoms with Crippen molar-refractivity contribution in [3.8, 4) is 0 Å². The zero-order valence-electron chi connectivity index (χ0n) is 10.5. The summed E-state index contributed by atoms with van der Waals surface area (Å²) in [5.41, 5.74) is 1.97. The standard InChI is InChI=1S/C15H21NS/c1-15(8-4-5-9-15)16-11-13-10-12-6-2-3-7-14(12)17-13/h2-3,6-7,13,16H,4-5,8-11H2,1H3. The highest BCUT2D eigenvalue weighted by Gasteiger charge is 2.30. The van der Waals surface area contributed by atoms with Crippen molar-refractivity contribution in [3.63, 3.8) is 0 Å². The van der Waals surface area contributed by atoms with Gasteiger partial charge in [0, 0.05) is 22.2 Å². The largest absolute Gasteiger partial charge is 0.310 e. The van der Waals surface area contributed by atoms with Crippen molar-refractivity contribution >= 4 is 11.8 Å². The molecule has 1 aromatic carbocycles. The highest BCUT2D eigenvalue weighted by Crippen LogP contribution is 2.37. The van der Waals surface area contributed by atoms with E-state index in [9.17, 15) is 0 Å². The predicted molar refractivity (Wildman–Crippen MR) is 74.7 cm³/mol. The second kappa shape index (κ2) is 4.66. The van der Waals surface area contributed by atoms with Crippen LogP contribution in [0.15, 0.2) is 29.2 Å². The minimum Gasteiger partial charge on any atom is -0.310 e. The SMILES string of the molecule is CC1(NCC2Cc3ccccc3S2)CCCC1. The maximum absolute atomic E-state index is 3.81. The first-order chi connectivity index (χ1) is 8.25. The van der Waals surface area contributed by atoms with E-state index in [0.29, 0.717) is 5.54 Å². The van der Waals surface area contributed by atoms with E-state index >= 15 is 0 Å². The number of thioether (sulfide) groups is 1. The van der Waals surface area contributed by atoms with Crippen LogP contribution in [0.25, 0.3) is 0 Å². The smallest absolute Gasteiger partial charge is 0.0260 e. The Hall–Kier alpha value is -0.470. The van der Waals surface area contributed by atoms with Crippen molar-refractivity contribution in [2.24, 2.45) is 0 Å². The lowest BCUT2D eigenvalue weighted by atomic mass is 10.0. The van der Waals surface area contributed by atoms with Gasteiger partial charge in [-0.3, -0.25) is 0 Å². The number of fused-ring (bicyclic) bond motifs is 1. The van der Waals surface area contributed by atoms with Crippen molar-refractivity contribution in [2.45, 2.75) is 54.7 Å². The Morgan fingerprint density at radius 3 is 2.82 bits per heavy atom. The molecule has 0 bridgehead atoms. The predicted octanol–water partition coefficient (Wildman–Crippen LogP) is 3.63. The van der Waals surface area contributed by atoms with Crippen LogP contribution < -0.4 is 5.32 Å². The summed E-state index contributed by atoms with van der Waals surface area (Å²) >= 11 is 2.06. The molecule has 17 heavy (non-hydrogen) atoms. The van der Waals surface area contributed by atoms with Gasteiger partial charge in [-0.1, -0.05) is 31.0 Å². The van der Waals surface area contributed by atoms with Gasteiger partial charge in [-0.15, -0.1) is 11.8 Å². The van der Waals surface area contributed by atoms with Gasteiger partial charge in [-0.2, -0.15) is 0 Å². The van der Waals surface area contributed by atoms with Crippen LogP contribution in [0.1, 0.15) is 38.2 Å². The third kappa shape index (κ3) is 2.53. The van der Waals surface area contributed by atoms with E-state index in [0.717, 1.165) is 11.8 Å². The normalized spacial score (nSPS) is 26.1. The first kappa shape index (κ1) is 11.6. The summed E-state index contributed by atoms with van der Waals surface area (Å²) in [5, 5.41) is 4.55. The van der Waals surface area contributed by atoms with E-state index < -0.39 is 0 Å². The molecule has 2 aliphatic rings. The Morgan fingerprint density at radius 2 is 2.06 bits per heavy atom. The minimum atomic E-state index is 0.426. The van der Waals surface area contributed by atoms with Crippen molar-refractivity contribution in [3.05, 3.63) is 29.8 Å². The highest BCUT2D eigenvalue weighted by atomic mass is 32.2. The molecular formula is C15H21NS. The lowest BCUT2D eigenvalue weighted by Crippen LogP contribution is -2.42. The molecule has 1 aliphatic carbocycles. The van der Waals surface area contributed by atoms with Crippen LogP contribution >= 0.6 is 11.8 Å². The Labute approximate surface area is 108 Å². The second-order valence-electron chi connectivity index (χ2n) is 5.70. The first-order valence-electron chi connectivity index (χ1n) is 6.75. The molecule has 1 N–H and O–H groups in total. The molecule has 1 fully saturated rings. The molecule has 3 rings (SSSR count). The van der Waals surface area contributed by atoms with Gasteiger partial charge >= 0.3 is 0 Å². The summed E-state index contributed by atoms with van der Waals surface area (Å²) in [5.74, 6) is 0. The van der Waals surface area contributed by atoms with E-state index in [1.165, 1.54) is 37.0 Å². The molecule has 1 saturated carbocycles. The molecule has 1 nitrogen and oxygen atoms in total. The molecule has 2 heteroatoms. The first-order valence-corrected chi connectivity index (χ1v) is 7.63. The summed E-state index contributed by atoms with van der Waals surface area (Å²) in [6, 6.07) is 8.85. The van der Waals surface area contributed by atoms with E-state index in [-0.39, 0.29) is 0 Å². The monoisotopic (exact) mass is 247 g/mol. The van der Waals surface area contributed by atoms with Crippen molar-refractivity contribution < 1.29 is 0 Å². The van der Waals surface area contributed by atoms with E-state index in [1.54, 1.807) is 5.56 Å². The molecule has 1 aliphatic heterocycles. The van der Waals surface area contributed by atoms with Crippen LogP contribution in [0.2, 0.25) is 0 Å². The van der Waals surface area contributed by atoms with Crippen LogP contribution in [0.4, 0.5) is 0 Å². The fourth-order valence-corrected chi connectivity index (χ4v) is 4.31. The average Bonchev–Trinajstić information content (AvgIpc) is 2.93. The van der Waals surface area contributed by atoms with E-state index in [2.05, 4.69) is 48.3 Å². The number of rotatable bonds is 3. The van der Waals surface area contributed by atoms with Gasteiger partial charge in [0.2, 0.25) is 0 Å².